The third-order valence-corrected chi connectivity index (χ3v) is 1.92. The van der Waals surface area contributed by atoms with Crippen LogP contribution in [0.15, 0.2) is 25.3 Å². The van der Waals surface area contributed by atoms with E-state index in [1.165, 1.54) is 0 Å². The highest BCUT2D eigenvalue weighted by Gasteiger charge is 2.00. The molecule has 0 aliphatic heterocycles. The van der Waals surface area contributed by atoms with Gasteiger partial charge in [0.2, 0.25) is 0 Å². The Bertz CT molecular complexity index is 320. The Morgan fingerprint density at radius 3 is 2.44 bits per heavy atom. The molecule has 0 aromatic carbocycles. The van der Waals surface area contributed by atoms with Gasteiger partial charge in [-0.05, 0) is 0 Å². The van der Waals surface area contributed by atoms with Crippen molar-refractivity contribution in [2.24, 2.45) is 0 Å². The summed E-state index contributed by atoms with van der Waals surface area (Å²) in [6.07, 6.45) is 7.05. The van der Waals surface area contributed by atoms with E-state index in [1.54, 1.807) is 28.0 Å². The highest BCUT2D eigenvalue weighted by Crippen LogP contribution is 1.82. The zero-order valence-corrected chi connectivity index (χ0v) is 11.0. The molecule has 0 atom stereocenters. The van der Waals surface area contributed by atoms with E-state index in [-0.39, 0.29) is 19.0 Å². The number of hydrogen-bond acceptors (Lipinski definition) is 4. The van der Waals surface area contributed by atoms with E-state index in [0.717, 1.165) is 0 Å². The molecule has 0 fully saturated rings. The summed E-state index contributed by atoms with van der Waals surface area (Å²) >= 11 is 0. The smallest absolute Gasteiger partial charge is 0.288 e. The lowest BCUT2D eigenvalue weighted by atomic mass is 10.7. The topological polar surface area (TPSA) is 56.7 Å². The van der Waals surface area contributed by atoms with E-state index in [2.05, 4.69) is 6.58 Å². The lowest BCUT2D eigenvalue weighted by molar-refractivity contribution is -0.568. The predicted octanol–water partition coefficient (Wildman–Crippen LogP) is -3.67. The van der Waals surface area contributed by atoms with Gasteiger partial charge in [-0.25, -0.2) is 4.57 Å². The van der Waals surface area contributed by atoms with Crippen LogP contribution in [0.3, 0.4) is 0 Å². The molecule has 0 bridgehead atoms. The first-order chi connectivity index (χ1) is 8.36. The van der Waals surface area contributed by atoms with E-state index in [0.29, 0.717) is 33.0 Å². The number of nitrogens with zero attached hydrogens (tertiary/aromatic N) is 2. The minimum Gasteiger partial charge on any atom is -1.00 e. The first-order valence-electron chi connectivity index (χ1n) is 5.47. The summed E-state index contributed by atoms with van der Waals surface area (Å²) in [5, 5.41) is 8.46. The largest absolute Gasteiger partial charge is 1.00 e. The molecule has 6 nitrogen and oxygen atoms in total. The lowest BCUT2D eigenvalue weighted by Crippen LogP contribution is -3.00. The van der Waals surface area contributed by atoms with E-state index in [4.69, 9.17) is 19.4 Å². The molecular formula is C11H19ClN2O4. The van der Waals surface area contributed by atoms with Crippen molar-refractivity contribution in [2.75, 3.05) is 39.6 Å². The quantitative estimate of drug-likeness (QED) is 0.354. The Balaban J connectivity index is 0.00000289. The fraction of sp³-hybridized carbons (Fsp3) is 0.545. The molecule has 0 aliphatic rings. The number of aliphatic hydroxyl groups excluding tert-OH is 1. The molecule has 0 saturated heterocycles. The summed E-state index contributed by atoms with van der Waals surface area (Å²) in [5.41, 5.74) is 0. The SMILES string of the molecule is C=C[n+]1ccn(OCCOCCOCCO)c1.[Cl-]. The molecule has 0 unspecified atom stereocenters. The summed E-state index contributed by atoms with van der Waals surface area (Å²) in [7, 11) is 0. The van der Waals surface area contributed by atoms with Crippen molar-refractivity contribution in [2.45, 2.75) is 0 Å². The second-order valence-electron chi connectivity index (χ2n) is 3.18. The standard InChI is InChI=1S/C11H19N2O4.ClH/c1-2-12-3-4-13(11-12)17-10-9-16-8-7-15-6-5-14;/h2-4,11,14H,1,5-10H2;1H/q+1;/p-1. The molecule has 1 aromatic heterocycles. The molecule has 18 heavy (non-hydrogen) atoms. The Kier molecular flexibility index (Phi) is 10.4. The van der Waals surface area contributed by atoms with Gasteiger partial charge in [-0.2, -0.15) is 0 Å². The average Bonchev–Trinajstić information content (AvgIpc) is 2.80. The summed E-state index contributed by atoms with van der Waals surface area (Å²) in [4.78, 5) is 5.36. The number of hydrogen-bond donors (Lipinski definition) is 1. The van der Waals surface area contributed by atoms with Crippen molar-refractivity contribution in [1.82, 2.24) is 4.73 Å². The van der Waals surface area contributed by atoms with E-state index in [1.807, 2.05) is 6.20 Å². The molecule has 0 spiro atoms. The molecular weight excluding hydrogens is 260 g/mol. The van der Waals surface area contributed by atoms with Gasteiger partial charge in [0, 0.05) is 0 Å². The van der Waals surface area contributed by atoms with Crippen molar-refractivity contribution in [1.29, 1.82) is 0 Å². The Hall–Kier alpha value is -1.08. The molecule has 0 saturated carbocycles. The monoisotopic (exact) mass is 278 g/mol. The van der Waals surface area contributed by atoms with Gasteiger partial charge < -0.3 is 31.8 Å². The fourth-order valence-corrected chi connectivity index (χ4v) is 1.12. The van der Waals surface area contributed by atoms with Crippen LogP contribution in [-0.2, 0) is 9.47 Å². The van der Waals surface area contributed by atoms with E-state index >= 15 is 0 Å². The predicted molar refractivity (Wildman–Crippen MR) is 61.2 cm³/mol. The summed E-state index contributed by atoms with van der Waals surface area (Å²) < 4.78 is 13.7. The summed E-state index contributed by atoms with van der Waals surface area (Å²) in [6.45, 7) is 5.97. The molecule has 0 amide bonds. The normalized spacial score (nSPS) is 9.83. The number of rotatable bonds is 10. The summed E-state index contributed by atoms with van der Waals surface area (Å²) in [6, 6.07) is 0. The molecule has 1 rings (SSSR count). The van der Waals surface area contributed by atoms with Crippen molar-refractivity contribution >= 4 is 6.20 Å². The number of imidazole rings is 1. The van der Waals surface area contributed by atoms with Crippen LogP contribution in [0.4, 0.5) is 0 Å². The van der Waals surface area contributed by atoms with Gasteiger partial charge in [0.05, 0.1) is 39.2 Å². The van der Waals surface area contributed by atoms with Crippen LogP contribution in [0, 0.1) is 0 Å². The molecule has 1 aromatic rings. The third-order valence-electron chi connectivity index (χ3n) is 1.92. The van der Waals surface area contributed by atoms with Crippen LogP contribution < -0.4 is 21.8 Å². The molecule has 104 valence electrons. The number of halogens is 1. The molecule has 1 N–H and O–H groups in total. The van der Waals surface area contributed by atoms with Crippen molar-refractivity contribution in [3.63, 3.8) is 0 Å². The van der Waals surface area contributed by atoms with Crippen molar-refractivity contribution < 1.29 is 36.4 Å². The fourth-order valence-electron chi connectivity index (χ4n) is 1.12. The van der Waals surface area contributed by atoms with Crippen LogP contribution in [-0.4, -0.2) is 49.5 Å². The van der Waals surface area contributed by atoms with Gasteiger partial charge >= 0.3 is 0 Å². The first kappa shape index (κ1) is 16.9. The first-order valence-corrected chi connectivity index (χ1v) is 5.47. The maximum atomic E-state index is 8.46. The second-order valence-corrected chi connectivity index (χ2v) is 3.18. The minimum atomic E-state index is 0. The van der Waals surface area contributed by atoms with Crippen LogP contribution in [0.5, 0.6) is 0 Å². The molecule has 0 aliphatic carbocycles. The van der Waals surface area contributed by atoms with Crippen molar-refractivity contribution in [3.05, 3.63) is 25.3 Å². The maximum absolute atomic E-state index is 8.46. The van der Waals surface area contributed by atoms with Crippen LogP contribution in [0.25, 0.3) is 6.20 Å². The van der Waals surface area contributed by atoms with Crippen molar-refractivity contribution in [3.8, 4) is 0 Å². The second kappa shape index (κ2) is 11.0. The van der Waals surface area contributed by atoms with Gasteiger partial charge in [0.1, 0.15) is 6.20 Å². The van der Waals surface area contributed by atoms with E-state index in [9.17, 15) is 0 Å². The van der Waals surface area contributed by atoms with Gasteiger partial charge in [0.25, 0.3) is 6.33 Å². The van der Waals surface area contributed by atoms with Crippen LogP contribution in [0.2, 0.25) is 0 Å². The molecule has 0 radical (unpaired) electrons. The van der Waals surface area contributed by atoms with Crippen LogP contribution in [0.1, 0.15) is 0 Å². The van der Waals surface area contributed by atoms with Gasteiger partial charge in [-0.15, -0.1) is 0 Å². The Labute approximate surface area is 113 Å². The third kappa shape index (κ3) is 7.29. The lowest BCUT2D eigenvalue weighted by Gasteiger charge is -2.04. The van der Waals surface area contributed by atoms with E-state index < -0.39 is 0 Å². The number of aromatic nitrogens is 2. The average molecular weight is 279 g/mol. The number of ether oxygens (including phenoxy) is 2. The number of aliphatic hydroxyl groups is 1. The summed E-state index contributed by atoms with van der Waals surface area (Å²) in [5.74, 6) is 0. The highest BCUT2D eigenvalue weighted by atomic mass is 35.5. The Morgan fingerprint density at radius 2 is 1.83 bits per heavy atom. The maximum Gasteiger partial charge on any atom is 0.288 e. The Morgan fingerprint density at radius 1 is 1.17 bits per heavy atom. The van der Waals surface area contributed by atoms with Gasteiger partial charge in [-0.1, -0.05) is 11.3 Å². The van der Waals surface area contributed by atoms with Crippen LogP contribution >= 0.6 is 0 Å². The minimum absolute atomic E-state index is 0. The zero-order chi connectivity index (χ0) is 12.3. The van der Waals surface area contributed by atoms with Gasteiger partial charge in [-0.3, -0.25) is 0 Å². The molecule has 7 heteroatoms. The zero-order valence-electron chi connectivity index (χ0n) is 10.2. The molecule has 1 heterocycles. The highest BCUT2D eigenvalue weighted by molar-refractivity contribution is 4.94. The van der Waals surface area contributed by atoms with Gasteiger partial charge in [0.15, 0.2) is 12.8 Å².